The molecule has 76 valence electrons. The van der Waals surface area contributed by atoms with Crippen LogP contribution in [0.4, 0.5) is 0 Å². The van der Waals surface area contributed by atoms with Gasteiger partial charge in [-0.3, -0.25) is 0 Å². The van der Waals surface area contributed by atoms with Crippen LogP contribution in [0.2, 0.25) is 0 Å². The second-order valence-electron chi connectivity index (χ2n) is 3.05. The van der Waals surface area contributed by atoms with Gasteiger partial charge in [0.05, 0.1) is 0 Å². The van der Waals surface area contributed by atoms with Crippen LogP contribution in [-0.2, 0) is 15.1 Å². The number of hydrogen-bond acceptors (Lipinski definition) is 2. The second-order valence-corrected chi connectivity index (χ2v) is 3.97. The van der Waals surface area contributed by atoms with Crippen molar-refractivity contribution >= 4 is 21.9 Å². The molecule has 0 bridgehead atoms. The van der Waals surface area contributed by atoms with E-state index in [4.69, 9.17) is 9.84 Å². The van der Waals surface area contributed by atoms with Crippen molar-refractivity contribution < 1.29 is 14.6 Å². The minimum absolute atomic E-state index is 0.621. The molecule has 0 fully saturated rings. The Hall–Kier alpha value is -0.870. The van der Waals surface area contributed by atoms with E-state index in [-0.39, 0.29) is 0 Å². The molecule has 0 radical (unpaired) electrons. The predicted molar refractivity (Wildman–Crippen MR) is 56.1 cm³/mol. The highest BCUT2D eigenvalue weighted by atomic mass is 79.9. The molecule has 0 amide bonds. The van der Waals surface area contributed by atoms with E-state index in [1.165, 1.54) is 14.0 Å². The van der Waals surface area contributed by atoms with Crippen LogP contribution in [0, 0.1) is 0 Å². The van der Waals surface area contributed by atoms with Crippen LogP contribution in [0.25, 0.3) is 0 Å². The average Bonchev–Trinajstić information content (AvgIpc) is 2.17. The van der Waals surface area contributed by atoms with E-state index < -0.39 is 11.6 Å². The highest BCUT2D eigenvalue weighted by Gasteiger charge is 2.34. The van der Waals surface area contributed by atoms with Crippen LogP contribution in [0.15, 0.2) is 28.7 Å². The third-order valence-electron chi connectivity index (χ3n) is 2.21. The van der Waals surface area contributed by atoms with Gasteiger partial charge in [-0.2, -0.15) is 0 Å². The number of carboxylic acid groups (broad SMARTS) is 1. The number of ether oxygens (including phenoxy) is 1. The first-order valence-electron chi connectivity index (χ1n) is 4.05. The Morgan fingerprint density at radius 2 is 1.93 bits per heavy atom. The van der Waals surface area contributed by atoms with Gasteiger partial charge in [0.15, 0.2) is 5.60 Å². The molecule has 1 N–H and O–H groups in total. The Bertz CT molecular complexity index is 334. The molecule has 0 aliphatic heterocycles. The molecular weight excluding hydrogens is 248 g/mol. The highest BCUT2D eigenvalue weighted by Crippen LogP contribution is 2.26. The summed E-state index contributed by atoms with van der Waals surface area (Å²) in [7, 11) is 1.39. The number of rotatable bonds is 3. The molecule has 1 atom stereocenters. The van der Waals surface area contributed by atoms with Gasteiger partial charge in [0.25, 0.3) is 0 Å². The van der Waals surface area contributed by atoms with Crippen LogP contribution in [-0.4, -0.2) is 18.2 Å². The van der Waals surface area contributed by atoms with Gasteiger partial charge in [-0.1, -0.05) is 28.1 Å². The molecule has 0 heterocycles. The fraction of sp³-hybridized carbons (Fsp3) is 0.300. The summed E-state index contributed by atoms with van der Waals surface area (Å²) in [5.41, 5.74) is -0.656. The van der Waals surface area contributed by atoms with Crippen LogP contribution in [0.1, 0.15) is 12.5 Å². The van der Waals surface area contributed by atoms with Gasteiger partial charge in [-0.05, 0) is 24.6 Å². The third kappa shape index (κ3) is 1.96. The largest absolute Gasteiger partial charge is 0.479 e. The highest BCUT2D eigenvalue weighted by molar-refractivity contribution is 9.10. The van der Waals surface area contributed by atoms with Crippen molar-refractivity contribution in [3.05, 3.63) is 34.3 Å². The number of benzene rings is 1. The van der Waals surface area contributed by atoms with Crippen molar-refractivity contribution in [1.29, 1.82) is 0 Å². The molecule has 0 saturated carbocycles. The van der Waals surface area contributed by atoms with Gasteiger partial charge < -0.3 is 9.84 Å². The molecule has 3 nitrogen and oxygen atoms in total. The monoisotopic (exact) mass is 258 g/mol. The van der Waals surface area contributed by atoms with E-state index in [2.05, 4.69) is 15.9 Å². The van der Waals surface area contributed by atoms with Crippen molar-refractivity contribution in [1.82, 2.24) is 0 Å². The minimum Gasteiger partial charge on any atom is -0.479 e. The number of halogens is 1. The van der Waals surface area contributed by atoms with E-state index in [9.17, 15) is 4.79 Å². The van der Waals surface area contributed by atoms with Crippen molar-refractivity contribution in [2.24, 2.45) is 0 Å². The molecular formula is C10H11BrO3. The maximum atomic E-state index is 11.0. The van der Waals surface area contributed by atoms with Gasteiger partial charge in [0.2, 0.25) is 0 Å². The molecule has 0 aliphatic rings. The topological polar surface area (TPSA) is 46.5 Å². The van der Waals surface area contributed by atoms with Crippen LogP contribution in [0.5, 0.6) is 0 Å². The maximum absolute atomic E-state index is 11.0. The zero-order valence-electron chi connectivity index (χ0n) is 7.95. The molecule has 1 aromatic rings. The lowest BCUT2D eigenvalue weighted by Gasteiger charge is -2.23. The molecule has 0 aliphatic carbocycles. The summed E-state index contributed by atoms with van der Waals surface area (Å²) in [6.45, 7) is 1.53. The average molecular weight is 259 g/mol. The van der Waals surface area contributed by atoms with E-state index >= 15 is 0 Å². The van der Waals surface area contributed by atoms with Crippen molar-refractivity contribution in [3.8, 4) is 0 Å². The zero-order chi connectivity index (χ0) is 10.8. The normalized spacial score (nSPS) is 14.8. The summed E-state index contributed by atoms with van der Waals surface area (Å²) in [5.74, 6) is -0.998. The standard InChI is InChI=1S/C10H11BrO3/c1-10(14-2,9(12)13)7-3-5-8(11)6-4-7/h3-6H,1-2H3,(H,12,13). The van der Waals surface area contributed by atoms with E-state index in [1.54, 1.807) is 24.3 Å². The fourth-order valence-electron chi connectivity index (χ4n) is 1.10. The molecule has 1 unspecified atom stereocenters. The molecule has 0 spiro atoms. The van der Waals surface area contributed by atoms with Gasteiger partial charge in [0.1, 0.15) is 0 Å². The van der Waals surface area contributed by atoms with Gasteiger partial charge in [-0.25, -0.2) is 4.79 Å². The van der Waals surface area contributed by atoms with Crippen molar-refractivity contribution in [2.45, 2.75) is 12.5 Å². The van der Waals surface area contributed by atoms with E-state index in [0.717, 1.165) is 4.47 Å². The summed E-state index contributed by atoms with van der Waals surface area (Å²) in [6, 6.07) is 7.02. The van der Waals surface area contributed by atoms with Crippen LogP contribution >= 0.6 is 15.9 Å². The molecule has 14 heavy (non-hydrogen) atoms. The Morgan fingerprint density at radius 1 is 1.43 bits per heavy atom. The lowest BCUT2D eigenvalue weighted by atomic mass is 9.96. The SMILES string of the molecule is COC(C)(C(=O)O)c1ccc(Br)cc1. The van der Waals surface area contributed by atoms with Gasteiger partial charge in [-0.15, -0.1) is 0 Å². The first kappa shape index (κ1) is 11.2. The van der Waals surface area contributed by atoms with E-state index in [1.807, 2.05) is 0 Å². The number of hydrogen-bond donors (Lipinski definition) is 1. The fourth-order valence-corrected chi connectivity index (χ4v) is 1.36. The number of aliphatic carboxylic acids is 1. The van der Waals surface area contributed by atoms with Crippen molar-refractivity contribution in [3.63, 3.8) is 0 Å². The summed E-state index contributed by atoms with van der Waals surface area (Å²) in [6.07, 6.45) is 0. The minimum atomic E-state index is -1.28. The number of methoxy groups -OCH3 is 1. The van der Waals surface area contributed by atoms with Crippen molar-refractivity contribution in [2.75, 3.05) is 7.11 Å². The molecule has 0 saturated heterocycles. The van der Waals surface area contributed by atoms with Crippen LogP contribution < -0.4 is 0 Å². The zero-order valence-corrected chi connectivity index (χ0v) is 9.54. The summed E-state index contributed by atoms with van der Waals surface area (Å²) < 4.78 is 5.92. The Kier molecular flexibility index (Phi) is 3.29. The molecule has 4 heteroatoms. The Balaban J connectivity index is 3.13. The number of carbonyl (C=O) groups is 1. The van der Waals surface area contributed by atoms with Gasteiger partial charge in [0, 0.05) is 11.6 Å². The third-order valence-corrected chi connectivity index (χ3v) is 2.74. The Morgan fingerprint density at radius 3 is 2.29 bits per heavy atom. The predicted octanol–water partition coefficient (Wildman–Crippen LogP) is 2.40. The first-order chi connectivity index (χ1) is 6.50. The molecule has 1 rings (SSSR count). The quantitative estimate of drug-likeness (QED) is 0.906. The number of carboxylic acids is 1. The lowest BCUT2D eigenvalue weighted by molar-refractivity contribution is -0.161. The maximum Gasteiger partial charge on any atom is 0.340 e. The molecule has 1 aromatic carbocycles. The summed E-state index contributed by atoms with van der Waals surface area (Å²) in [4.78, 5) is 11.0. The van der Waals surface area contributed by atoms with Crippen LogP contribution in [0.3, 0.4) is 0 Å². The lowest BCUT2D eigenvalue weighted by Crippen LogP contribution is -2.34. The smallest absolute Gasteiger partial charge is 0.340 e. The molecule has 0 aromatic heterocycles. The summed E-state index contributed by atoms with van der Waals surface area (Å²) >= 11 is 3.28. The van der Waals surface area contributed by atoms with E-state index in [0.29, 0.717) is 5.56 Å². The summed E-state index contributed by atoms with van der Waals surface area (Å²) in [5, 5.41) is 9.02. The van der Waals surface area contributed by atoms with Gasteiger partial charge >= 0.3 is 5.97 Å². The first-order valence-corrected chi connectivity index (χ1v) is 4.84. The Labute approximate surface area is 90.8 Å². The second kappa shape index (κ2) is 4.11.